The van der Waals surface area contributed by atoms with Crippen molar-refractivity contribution in [3.8, 4) is 17.6 Å². The minimum absolute atomic E-state index is 0.363. The molecule has 4 nitrogen and oxygen atoms in total. The zero-order valence-electron chi connectivity index (χ0n) is 14.0. The quantitative estimate of drug-likeness (QED) is 0.400. The molecule has 1 N–H and O–H groups in total. The lowest BCUT2D eigenvalue weighted by Crippen LogP contribution is -2.13. The summed E-state index contributed by atoms with van der Waals surface area (Å²) in [6.07, 6.45) is 3.33. The second-order valence-electron chi connectivity index (χ2n) is 5.92. The highest BCUT2D eigenvalue weighted by Gasteiger charge is 2.10. The lowest BCUT2D eigenvalue weighted by molar-refractivity contribution is 0.0807. The van der Waals surface area contributed by atoms with Crippen LogP contribution in [0.4, 0.5) is 0 Å². The van der Waals surface area contributed by atoms with Crippen LogP contribution in [0.5, 0.6) is 5.75 Å². The number of hydrogen-bond acceptors (Lipinski definition) is 4. The first-order valence-corrected chi connectivity index (χ1v) is 8.42. The SMILES string of the molecule is ON=Cc1cc(OCc2ccccc2)ccc1C#CC1CCOCC1. The molecule has 1 aliphatic rings. The van der Waals surface area contributed by atoms with Crippen LogP contribution in [-0.2, 0) is 11.3 Å². The largest absolute Gasteiger partial charge is 0.489 e. The molecule has 0 aliphatic carbocycles. The van der Waals surface area contributed by atoms with Crippen LogP contribution in [0.25, 0.3) is 0 Å². The predicted octanol–water partition coefficient (Wildman–Crippen LogP) is 3.85. The lowest BCUT2D eigenvalue weighted by atomic mass is 10.00. The van der Waals surface area contributed by atoms with Crippen molar-refractivity contribution in [2.24, 2.45) is 11.1 Å². The monoisotopic (exact) mass is 335 g/mol. The highest BCUT2D eigenvalue weighted by molar-refractivity contribution is 5.83. The molecule has 0 saturated carbocycles. The van der Waals surface area contributed by atoms with Crippen molar-refractivity contribution in [2.75, 3.05) is 13.2 Å². The maximum atomic E-state index is 8.92. The third-order valence-corrected chi connectivity index (χ3v) is 4.10. The van der Waals surface area contributed by atoms with Gasteiger partial charge in [0.1, 0.15) is 12.4 Å². The van der Waals surface area contributed by atoms with Crippen LogP contribution in [-0.4, -0.2) is 24.6 Å². The smallest absolute Gasteiger partial charge is 0.120 e. The molecule has 1 aliphatic heterocycles. The Morgan fingerprint density at radius 2 is 1.96 bits per heavy atom. The molecule has 3 rings (SSSR count). The Labute approximate surface area is 148 Å². The second-order valence-corrected chi connectivity index (χ2v) is 5.92. The van der Waals surface area contributed by atoms with Crippen molar-refractivity contribution in [3.05, 3.63) is 65.2 Å². The number of oxime groups is 1. The molecular weight excluding hydrogens is 314 g/mol. The highest BCUT2D eigenvalue weighted by atomic mass is 16.5. The average Bonchev–Trinajstić information content (AvgIpc) is 2.67. The van der Waals surface area contributed by atoms with Gasteiger partial charge in [-0.3, -0.25) is 0 Å². The summed E-state index contributed by atoms with van der Waals surface area (Å²) >= 11 is 0. The molecule has 1 saturated heterocycles. The Morgan fingerprint density at radius 3 is 2.72 bits per heavy atom. The van der Waals surface area contributed by atoms with E-state index in [9.17, 15) is 0 Å². The van der Waals surface area contributed by atoms with E-state index in [4.69, 9.17) is 14.7 Å². The van der Waals surface area contributed by atoms with Crippen molar-refractivity contribution in [2.45, 2.75) is 19.4 Å². The molecule has 1 heterocycles. The first-order chi connectivity index (χ1) is 12.3. The van der Waals surface area contributed by atoms with E-state index in [1.165, 1.54) is 6.21 Å². The Hall–Kier alpha value is -2.77. The van der Waals surface area contributed by atoms with E-state index in [-0.39, 0.29) is 0 Å². The molecule has 128 valence electrons. The summed E-state index contributed by atoms with van der Waals surface area (Å²) in [4.78, 5) is 0. The summed E-state index contributed by atoms with van der Waals surface area (Å²) in [5, 5.41) is 12.1. The summed E-state index contributed by atoms with van der Waals surface area (Å²) in [6.45, 7) is 2.04. The van der Waals surface area contributed by atoms with Crippen LogP contribution in [0.15, 0.2) is 53.7 Å². The van der Waals surface area contributed by atoms with Crippen LogP contribution in [0, 0.1) is 17.8 Å². The van der Waals surface area contributed by atoms with E-state index in [1.807, 2.05) is 48.5 Å². The van der Waals surface area contributed by atoms with Gasteiger partial charge in [-0.15, -0.1) is 0 Å². The molecule has 25 heavy (non-hydrogen) atoms. The van der Waals surface area contributed by atoms with Gasteiger partial charge in [-0.05, 0) is 36.6 Å². The number of nitrogens with zero attached hydrogens (tertiary/aromatic N) is 1. The lowest BCUT2D eigenvalue weighted by Gasteiger charge is -2.16. The first-order valence-electron chi connectivity index (χ1n) is 8.42. The molecule has 2 aromatic rings. The molecule has 0 atom stereocenters. The van der Waals surface area contributed by atoms with E-state index in [0.29, 0.717) is 12.5 Å². The number of hydrogen-bond donors (Lipinski definition) is 1. The van der Waals surface area contributed by atoms with Crippen molar-refractivity contribution in [1.29, 1.82) is 0 Å². The Morgan fingerprint density at radius 1 is 1.16 bits per heavy atom. The van der Waals surface area contributed by atoms with E-state index in [1.54, 1.807) is 0 Å². The van der Waals surface area contributed by atoms with Crippen molar-refractivity contribution >= 4 is 6.21 Å². The molecule has 0 spiro atoms. The fourth-order valence-electron chi connectivity index (χ4n) is 2.68. The van der Waals surface area contributed by atoms with Crippen LogP contribution in [0.3, 0.4) is 0 Å². The molecule has 4 heteroatoms. The Balaban J connectivity index is 1.72. The molecular formula is C21H21NO3. The van der Waals surface area contributed by atoms with Gasteiger partial charge in [-0.2, -0.15) is 0 Å². The van der Waals surface area contributed by atoms with Gasteiger partial charge in [-0.1, -0.05) is 47.3 Å². The van der Waals surface area contributed by atoms with Crippen LogP contribution in [0.1, 0.15) is 29.5 Å². The molecule has 0 unspecified atom stereocenters. The zero-order chi connectivity index (χ0) is 17.3. The number of ether oxygens (including phenoxy) is 2. The number of rotatable bonds is 4. The topological polar surface area (TPSA) is 51.1 Å². The van der Waals surface area contributed by atoms with Gasteiger partial charge in [0.2, 0.25) is 0 Å². The molecule has 0 aromatic heterocycles. The van der Waals surface area contributed by atoms with E-state index in [0.717, 1.165) is 48.5 Å². The van der Waals surface area contributed by atoms with Gasteiger partial charge < -0.3 is 14.7 Å². The maximum Gasteiger partial charge on any atom is 0.120 e. The van der Waals surface area contributed by atoms with E-state index >= 15 is 0 Å². The number of benzene rings is 2. The average molecular weight is 335 g/mol. The van der Waals surface area contributed by atoms with Crippen LogP contribution >= 0.6 is 0 Å². The second kappa shape index (κ2) is 8.91. The first kappa shape index (κ1) is 17.1. The third kappa shape index (κ3) is 5.10. The normalized spacial score (nSPS) is 14.9. The minimum atomic E-state index is 0.363. The van der Waals surface area contributed by atoms with Gasteiger partial charge >= 0.3 is 0 Å². The van der Waals surface area contributed by atoms with E-state index in [2.05, 4.69) is 17.0 Å². The summed E-state index contributed by atoms with van der Waals surface area (Å²) in [6, 6.07) is 15.6. The maximum absolute atomic E-state index is 8.92. The minimum Gasteiger partial charge on any atom is -0.489 e. The van der Waals surface area contributed by atoms with Crippen molar-refractivity contribution in [1.82, 2.24) is 0 Å². The summed E-state index contributed by atoms with van der Waals surface area (Å²) in [7, 11) is 0. The van der Waals surface area contributed by atoms with Crippen molar-refractivity contribution in [3.63, 3.8) is 0 Å². The molecule has 0 amide bonds. The zero-order valence-corrected chi connectivity index (χ0v) is 14.0. The molecule has 1 fully saturated rings. The van der Waals surface area contributed by atoms with Crippen molar-refractivity contribution < 1.29 is 14.7 Å². The fraction of sp³-hybridized carbons (Fsp3) is 0.286. The Kier molecular flexibility index (Phi) is 6.08. The summed E-state index contributed by atoms with van der Waals surface area (Å²) < 4.78 is 11.2. The molecule has 0 bridgehead atoms. The summed E-state index contributed by atoms with van der Waals surface area (Å²) in [5.74, 6) is 7.59. The van der Waals surface area contributed by atoms with Crippen LogP contribution < -0.4 is 4.74 Å². The van der Waals surface area contributed by atoms with Gasteiger partial charge in [-0.25, -0.2) is 0 Å². The summed E-state index contributed by atoms with van der Waals surface area (Å²) in [5.41, 5.74) is 2.67. The standard InChI is InChI=1S/C21H21NO3/c23-22-15-20-14-21(25-16-18-4-2-1-3-5-18)9-8-19(20)7-6-17-10-12-24-13-11-17/h1-5,8-9,14-15,17,23H,10-13,16H2. The van der Waals surface area contributed by atoms with Gasteiger partial charge in [0.15, 0.2) is 0 Å². The predicted molar refractivity (Wildman–Crippen MR) is 97.0 cm³/mol. The highest BCUT2D eigenvalue weighted by Crippen LogP contribution is 2.19. The van der Waals surface area contributed by atoms with Gasteiger partial charge in [0.25, 0.3) is 0 Å². The van der Waals surface area contributed by atoms with Crippen LogP contribution in [0.2, 0.25) is 0 Å². The molecule has 2 aromatic carbocycles. The van der Waals surface area contributed by atoms with Gasteiger partial charge in [0.05, 0.1) is 6.21 Å². The fourth-order valence-corrected chi connectivity index (χ4v) is 2.68. The third-order valence-electron chi connectivity index (χ3n) is 4.10. The molecule has 0 radical (unpaired) electrons. The Bertz CT molecular complexity index is 769. The van der Waals surface area contributed by atoms with Gasteiger partial charge in [0, 0.05) is 30.3 Å². The van der Waals surface area contributed by atoms with E-state index < -0.39 is 0 Å².